The maximum atomic E-state index is 12.1. The number of carbonyl (C=O) groups is 1. The first-order valence-corrected chi connectivity index (χ1v) is 6.26. The minimum Gasteiger partial charge on any atom is -0.323 e. The highest BCUT2D eigenvalue weighted by Crippen LogP contribution is 2.17. The number of allylic oxidation sites excluding steroid dienone is 4. The molecule has 1 heterocycles. The molecule has 0 spiro atoms. The Hall–Kier alpha value is -1.51. The van der Waals surface area contributed by atoms with Crippen molar-refractivity contribution in [2.75, 3.05) is 19.6 Å². The molecule has 3 nitrogen and oxygen atoms in total. The molecule has 0 unspecified atom stereocenters. The lowest BCUT2D eigenvalue weighted by molar-refractivity contribution is 0.200. The number of urea groups is 1. The average molecular weight is 234 g/mol. The molecule has 0 aromatic heterocycles. The number of nitrogens with zero attached hydrogens (tertiary/aromatic N) is 2. The SMILES string of the molecule is C=C/C=C(\C=C/C)N1CCN(CCCC)C1=O. The summed E-state index contributed by atoms with van der Waals surface area (Å²) in [5.41, 5.74) is 0.923. The van der Waals surface area contributed by atoms with E-state index in [0.717, 1.165) is 38.2 Å². The topological polar surface area (TPSA) is 23.6 Å². The molecule has 1 fully saturated rings. The van der Waals surface area contributed by atoms with Crippen LogP contribution in [0.1, 0.15) is 26.7 Å². The second-order valence-corrected chi connectivity index (χ2v) is 4.10. The Balaban J connectivity index is 2.70. The van der Waals surface area contributed by atoms with Crippen LogP contribution in [0.3, 0.4) is 0 Å². The molecule has 17 heavy (non-hydrogen) atoms. The van der Waals surface area contributed by atoms with Crippen molar-refractivity contribution < 1.29 is 4.79 Å². The summed E-state index contributed by atoms with van der Waals surface area (Å²) in [5.74, 6) is 0. The van der Waals surface area contributed by atoms with E-state index in [2.05, 4.69) is 13.5 Å². The quantitative estimate of drug-likeness (QED) is 0.647. The molecular weight excluding hydrogens is 212 g/mol. The molecule has 2 amide bonds. The lowest BCUT2D eigenvalue weighted by Gasteiger charge is -2.19. The van der Waals surface area contributed by atoms with Crippen LogP contribution in [0.15, 0.2) is 36.6 Å². The zero-order chi connectivity index (χ0) is 12.7. The Kier molecular flexibility index (Phi) is 5.53. The first-order valence-electron chi connectivity index (χ1n) is 6.26. The lowest BCUT2D eigenvalue weighted by Crippen LogP contribution is -2.31. The molecule has 0 bridgehead atoms. The third kappa shape index (κ3) is 3.48. The second kappa shape index (κ2) is 6.94. The molecule has 0 saturated carbocycles. The highest BCUT2D eigenvalue weighted by Gasteiger charge is 2.28. The molecule has 0 N–H and O–H groups in total. The van der Waals surface area contributed by atoms with Crippen LogP contribution in [0, 0.1) is 0 Å². The zero-order valence-electron chi connectivity index (χ0n) is 10.9. The van der Waals surface area contributed by atoms with E-state index in [-0.39, 0.29) is 6.03 Å². The maximum absolute atomic E-state index is 12.1. The van der Waals surface area contributed by atoms with Crippen molar-refractivity contribution in [2.24, 2.45) is 0 Å². The second-order valence-electron chi connectivity index (χ2n) is 4.10. The van der Waals surface area contributed by atoms with Gasteiger partial charge in [0.2, 0.25) is 0 Å². The van der Waals surface area contributed by atoms with Crippen LogP contribution in [-0.2, 0) is 0 Å². The molecule has 1 saturated heterocycles. The fourth-order valence-electron chi connectivity index (χ4n) is 1.91. The molecule has 1 rings (SSSR count). The number of rotatable bonds is 6. The van der Waals surface area contributed by atoms with Gasteiger partial charge in [-0.2, -0.15) is 0 Å². The molecule has 0 aliphatic carbocycles. The van der Waals surface area contributed by atoms with Crippen molar-refractivity contribution in [1.29, 1.82) is 0 Å². The Morgan fingerprint density at radius 1 is 1.47 bits per heavy atom. The molecule has 0 radical (unpaired) electrons. The minimum absolute atomic E-state index is 0.115. The van der Waals surface area contributed by atoms with Crippen molar-refractivity contribution >= 4 is 6.03 Å². The van der Waals surface area contributed by atoms with Gasteiger partial charge >= 0.3 is 6.03 Å². The highest BCUT2D eigenvalue weighted by atomic mass is 16.2. The van der Waals surface area contributed by atoms with Crippen molar-refractivity contribution in [2.45, 2.75) is 26.7 Å². The predicted molar refractivity (Wildman–Crippen MR) is 71.7 cm³/mol. The van der Waals surface area contributed by atoms with Gasteiger partial charge in [-0.05, 0) is 25.5 Å². The normalized spacial score (nSPS) is 17.3. The van der Waals surface area contributed by atoms with E-state index in [9.17, 15) is 4.79 Å². The van der Waals surface area contributed by atoms with E-state index in [4.69, 9.17) is 0 Å². The van der Waals surface area contributed by atoms with Gasteiger partial charge in [-0.1, -0.05) is 32.1 Å². The average Bonchev–Trinajstić information content (AvgIpc) is 2.68. The van der Waals surface area contributed by atoms with Crippen molar-refractivity contribution in [3.05, 3.63) is 36.6 Å². The van der Waals surface area contributed by atoms with Crippen LogP contribution in [-0.4, -0.2) is 35.5 Å². The first kappa shape index (κ1) is 13.6. The van der Waals surface area contributed by atoms with Crippen LogP contribution in [0.5, 0.6) is 0 Å². The monoisotopic (exact) mass is 234 g/mol. The van der Waals surface area contributed by atoms with Gasteiger partial charge < -0.3 is 4.90 Å². The summed E-state index contributed by atoms with van der Waals surface area (Å²) in [6.45, 7) is 10.2. The van der Waals surface area contributed by atoms with E-state index in [0.29, 0.717) is 0 Å². The fourth-order valence-corrected chi connectivity index (χ4v) is 1.91. The van der Waals surface area contributed by atoms with Crippen LogP contribution < -0.4 is 0 Å². The summed E-state index contributed by atoms with van der Waals surface area (Å²) in [4.78, 5) is 15.9. The van der Waals surface area contributed by atoms with E-state index in [1.807, 2.05) is 35.0 Å². The zero-order valence-corrected chi connectivity index (χ0v) is 10.9. The molecule has 0 aromatic carbocycles. The summed E-state index contributed by atoms with van der Waals surface area (Å²) in [6.07, 6.45) is 9.68. The summed E-state index contributed by atoms with van der Waals surface area (Å²) in [7, 11) is 0. The van der Waals surface area contributed by atoms with E-state index >= 15 is 0 Å². The van der Waals surface area contributed by atoms with Crippen molar-refractivity contribution in [1.82, 2.24) is 9.80 Å². The summed E-state index contributed by atoms with van der Waals surface area (Å²) < 4.78 is 0. The van der Waals surface area contributed by atoms with Crippen LogP contribution in [0.25, 0.3) is 0 Å². The van der Waals surface area contributed by atoms with Gasteiger partial charge in [0.15, 0.2) is 0 Å². The van der Waals surface area contributed by atoms with E-state index in [1.165, 1.54) is 0 Å². The summed E-state index contributed by atoms with van der Waals surface area (Å²) in [6, 6.07) is 0.115. The fraction of sp³-hybridized carbons (Fsp3) is 0.500. The Morgan fingerprint density at radius 2 is 2.24 bits per heavy atom. The molecule has 94 valence electrons. The Labute approximate surface area is 104 Å². The molecule has 0 aromatic rings. The van der Waals surface area contributed by atoms with Gasteiger partial charge in [0, 0.05) is 25.3 Å². The van der Waals surface area contributed by atoms with Gasteiger partial charge in [-0.15, -0.1) is 0 Å². The van der Waals surface area contributed by atoms with E-state index < -0.39 is 0 Å². The van der Waals surface area contributed by atoms with Crippen LogP contribution in [0.4, 0.5) is 4.79 Å². The predicted octanol–water partition coefficient (Wildman–Crippen LogP) is 3.17. The first-order chi connectivity index (χ1) is 8.24. The summed E-state index contributed by atoms with van der Waals surface area (Å²) in [5, 5.41) is 0. The third-order valence-electron chi connectivity index (χ3n) is 2.81. The smallest absolute Gasteiger partial charge is 0.323 e. The number of hydrogen-bond acceptors (Lipinski definition) is 1. The Bertz CT molecular complexity index is 331. The standard InChI is InChI=1S/C14H22N2O/c1-4-7-10-15-11-12-16(14(15)17)13(8-5-2)9-6-3/h5-6,8-9H,2,4,7,10-12H2,1,3H3/b9-6-,13-8+. The largest absolute Gasteiger partial charge is 0.324 e. The number of unbranched alkanes of at least 4 members (excludes halogenated alkanes) is 1. The number of amides is 2. The van der Waals surface area contributed by atoms with Crippen LogP contribution in [0.2, 0.25) is 0 Å². The highest BCUT2D eigenvalue weighted by molar-refractivity contribution is 5.79. The minimum atomic E-state index is 0.115. The molecule has 1 aliphatic rings. The number of hydrogen-bond donors (Lipinski definition) is 0. The molecule has 3 heteroatoms. The number of carbonyl (C=O) groups excluding carboxylic acids is 1. The lowest BCUT2D eigenvalue weighted by atomic mass is 10.3. The van der Waals surface area contributed by atoms with Crippen molar-refractivity contribution in [3.63, 3.8) is 0 Å². The maximum Gasteiger partial charge on any atom is 0.324 e. The Morgan fingerprint density at radius 3 is 2.82 bits per heavy atom. The van der Waals surface area contributed by atoms with Gasteiger partial charge in [-0.3, -0.25) is 4.90 Å². The molecule has 1 aliphatic heterocycles. The molecular formula is C14H22N2O. The third-order valence-corrected chi connectivity index (χ3v) is 2.81. The van der Waals surface area contributed by atoms with Crippen molar-refractivity contribution in [3.8, 4) is 0 Å². The van der Waals surface area contributed by atoms with Gasteiger partial charge in [0.05, 0.1) is 0 Å². The molecule has 0 atom stereocenters. The van der Waals surface area contributed by atoms with Gasteiger partial charge in [0.25, 0.3) is 0 Å². The van der Waals surface area contributed by atoms with E-state index in [1.54, 1.807) is 6.08 Å². The summed E-state index contributed by atoms with van der Waals surface area (Å²) >= 11 is 0. The van der Waals surface area contributed by atoms with Gasteiger partial charge in [-0.25, -0.2) is 4.79 Å². The van der Waals surface area contributed by atoms with Gasteiger partial charge in [0.1, 0.15) is 0 Å². The van der Waals surface area contributed by atoms with Crippen LogP contribution >= 0.6 is 0 Å².